The highest BCUT2D eigenvalue weighted by Gasteiger charge is 2.24. The van der Waals surface area contributed by atoms with E-state index in [1.54, 1.807) is 0 Å². The predicted octanol–water partition coefficient (Wildman–Crippen LogP) is 6.79. The van der Waals surface area contributed by atoms with Gasteiger partial charge in [0.1, 0.15) is 18.8 Å². The molecular weight excluding hydrogens is 466 g/mol. The third-order valence-corrected chi connectivity index (χ3v) is 6.95. The number of nitrogens with zero attached hydrogens (tertiary/aromatic N) is 1. The molecule has 6 heteroatoms. The molecule has 0 aliphatic carbocycles. The van der Waals surface area contributed by atoms with Gasteiger partial charge in [-0.1, -0.05) is 103 Å². The number of ether oxygens (including phenoxy) is 5. The van der Waals surface area contributed by atoms with Gasteiger partial charge >= 0.3 is 0 Å². The van der Waals surface area contributed by atoms with E-state index in [2.05, 4.69) is 28.1 Å². The fourth-order valence-electron chi connectivity index (χ4n) is 4.29. The second kappa shape index (κ2) is 24.8. The van der Waals surface area contributed by atoms with Gasteiger partial charge in [0.25, 0.3) is 0 Å². The highest BCUT2D eigenvalue weighted by atomic mass is 16.6. The second-order valence-corrected chi connectivity index (χ2v) is 12.0. The molecule has 0 saturated carbocycles. The van der Waals surface area contributed by atoms with Gasteiger partial charge in [0.05, 0.1) is 67.4 Å². The Labute approximate surface area is 230 Å². The Hall–Kier alpha value is -0.240. The monoisotopic (exact) mass is 530 g/mol. The van der Waals surface area contributed by atoms with Gasteiger partial charge in [-0.2, -0.15) is 0 Å². The molecule has 1 aliphatic heterocycles. The van der Waals surface area contributed by atoms with Crippen molar-refractivity contribution in [1.29, 1.82) is 0 Å². The van der Waals surface area contributed by atoms with Gasteiger partial charge in [0, 0.05) is 6.61 Å². The van der Waals surface area contributed by atoms with Crippen LogP contribution in [-0.2, 0) is 23.7 Å². The summed E-state index contributed by atoms with van der Waals surface area (Å²) < 4.78 is 29.5. The van der Waals surface area contributed by atoms with Crippen LogP contribution in [0.2, 0.25) is 0 Å². The van der Waals surface area contributed by atoms with Crippen molar-refractivity contribution in [3.63, 3.8) is 0 Å². The normalized spacial score (nSPS) is 16.4. The topological polar surface area (TPSA) is 49.5 Å². The average Bonchev–Trinajstić information content (AvgIpc) is 3.69. The van der Waals surface area contributed by atoms with Crippen molar-refractivity contribution >= 4 is 0 Å². The van der Waals surface area contributed by atoms with Gasteiger partial charge in [-0.3, -0.25) is 0 Å². The van der Waals surface area contributed by atoms with Gasteiger partial charge < -0.3 is 28.2 Å². The van der Waals surface area contributed by atoms with Crippen molar-refractivity contribution in [1.82, 2.24) is 0 Å². The molecule has 0 aromatic carbocycles. The first-order valence-electron chi connectivity index (χ1n) is 15.8. The molecule has 0 amide bonds. The van der Waals surface area contributed by atoms with Crippen LogP contribution < -0.4 is 0 Å². The van der Waals surface area contributed by atoms with E-state index in [1.165, 1.54) is 96.3 Å². The number of hydrogen-bond donors (Lipinski definition) is 0. The predicted molar refractivity (Wildman–Crippen MR) is 154 cm³/mol. The lowest BCUT2D eigenvalue weighted by atomic mass is 10.0. The summed E-state index contributed by atoms with van der Waals surface area (Å²) in [6.07, 6.45) is 22.5. The molecule has 0 spiro atoms. The Morgan fingerprint density at radius 1 is 0.622 bits per heavy atom. The lowest BCUT2D eigenvalue weighted by molar-refractivity contribution is -0.870. The highest BCUT2D eigenvalue weighted by molar-refractivity contribution is 4.69. The number of quaternary nitrogens is 1. The Balaban J connectivity index is 1.87. The molecule has 1 aliphatic rings. The van der Waals surface area contributed by atoms with Gasteiger partial charge in [0.2, 0.25) is 0 Å². The molecule has 1 rings (SSSR count). The molecule has 222 valence electrons. The zero-order valence-corrected chi connectivity index (χ0v) is 25.3. The maximum absolute atomic E-state index is 5.95. The summed E-state index contributed by atoms with van der Waals surface area (Å²) in [5, 5.41) is 0. The molecule has 0 radical (unpaired) electrons. The Morgan fingerprint density at radius 2 is 1.08 bits per heavy atom. The van der Waals surface area contributed by atoms with Crippen LogP contribution in [0.4, 0.5) is 0 Å². The van der Waals surface area contributed by atoms with Crippen molar-refractivity contribution in [2.24, 2.45) is 0 Å². The SMILES string of the molecule is CCCCCCCCCCCCCCCCCCOCC(COCCOCC[N+](C)(C)C)OCC1CO1. The fraction of sp³-hybridized carbons (Fsp3) is 1.00. The summed E-state index contributed by atoms with van der Waals surface area (Å²) in [6.45, 7) is 8.66. The summed E-state index contributed by atoms with van der Waals surface area (Å²) in [7, 11) is 6.52. The molecule has 1 fully saturated rings. The standard InChI is InChI=1S/C31H64NO5/c1-5-6-7-8-9-10-11-12-13-14-15-16-17-18-19-20-22-34-26-30(36-28-31-29-37-31)27-35-25-24-33-23-21-32(2,3)4/h30-31H,5-29H2,1-4H3/q+1. The van der Waals surface area contributed by atoms with Gasteiger partial charge in [-0.15, -0.1) is 0 Å². The number of epoxide rings is 1. The first kappa shape index (κ1) is 34.8. The maximum atomic E-state index is 5.95. The van der Waals surface area contributed by atoms with Gasteiger partial charge in [0.15, 0.2) is 0 Å². The molecular formula is C31H64NO5+. The minimum Gasteiger partial charge on any atom is -0.379 e. The summed E-state index contributed by atoms with van der Waals surface area (Å²) in [5.74, 6) is 0. The zero-order valence-electron chi connectivity index (χ0n) is 25.3. The van der Waals surface area contributed by atoms with Crippen molar-refractivity contribution in [3.8, 4) is 0 Å². The Bertz CT molecular complexity index is 467. The lowest BCUT2D eigenvalue weighted by Crippen LogP contribution is -2.37. The average molecular weight is 531 g/mol. The van der Waals surface area contributed by atoms with Crippen LogP contribution >= 0.6 is 0 Å². The third kappa shape index (κ3) is 27.1. The van der Waals surface area contributed by atoms with E-state index in [9.17, 15) is 0 Å². The fourth-order valence-corrected chi connectivity index (χ4v) is 4.29. The van der Waals surface area contributed by atoms with Crippen molar-refractivity contribution in [2.75, 3.05) is 80.5 Å². The molecule has 0 aromatic rings. The molecule has 1 heterocycles. The van der Waals surface area contributed by atoms with Crippen LogP contribution in [-0.4, -0.2) is 97.2 Å². The first-order valence-corrected chi connectivity index (χ1v) is 15.8. The Morgan fingerprint density at radius 3 is 1.57 bits per heavy atom. The molecule has 2 atom stereocenters. The molecule has 0 aromatic heterocycles. The van der Waals surface area contributed by atoms with Crippen molar-refractivity contribution < 1.29 is 28.2 Å². The number of likely N-dealkylation sites (N-methyl/N-ethyl adjacent to an activating group) is 1. The number of hydrogen-bond acceptors (Lipinski definition) is 5. The van der Waals surface area contributed by atoms with Crippen LogP contribution in [0.15, 0.2) is 0 Å². The molecule has 6 nitrogen and oxygen atoms in total. The summed E-state index contributed by atoms with van der Waals surface area (Å²) in [6, 6.07) is 0. The van der Waals surface area contributed by atoms with Crippen LogP contribution in [0.25, 0.3) is 0 Å². The van der Waals surface area contributed by atoms with E-state index < -0.39 is 0 Å². The van der Waals surface area contributed by atoms with Crippen LogP contribution in [0, 0.1) is 0 Å². The highest BCUT2D eigenvalue weighted by Crippen LogP contribution is 2.14. The minimum atomic E-state index is -0.0310. The van der Waals surface area contributed by atoms with Crippen LogP contribution in [0.5, 0.6) is 0 Å². The van der Waals surface area contributed by atoms with E-state index in [0.29, 0.717) is 33.0 Å². The Kier molecular flexibility index (Phi) is 23.3. The van der Waals surface area contributed by atoms with E-state index in [-0.39, 0.29) is 12.2 Å². The number of rotatable bonds is 30. The van der Waals surface area contributed by atoms with Gasteiger partial charge in [-0.25, -0.2) is 0 Å². The lowest BCUT2D eigenvalue weighted by Gasteiger charge is -2.23. The smallest absolute Gasteiger partial charge is 0.104 e. The second-order valence-electron chi connectivity index (χ2n) is 12.0. The zero-order chi connectivity index (χ0) is 26.9. The molecule has 0 bridgehead atoms. The number of unbranched alkanes of at least 4 members (excludes halogenated alkanes) is 15. The summed E-state index contributed by atoms with van der Waals surface area (Å²) >= 11 is 0. The van der Waals surface area contributed by atoms with Gasteiger partial charge in [-0.05, 0) is 6.42 Å². The third-order valence-electron chi connectivity index (χ3n) is 6.95. The maximum Gasteiger partial charge on any atom is 0.104 e. The van der Waals surface area contributed by atoms with Crippen LogP contribution in [0.1, 0.15) is 110 Å². The van der Waals surface area contributed by atoms with Crippen molar-refractivity contribution in [2.45, 2.75) is 122 Å². The molecule has 1 saturated heterocycles. The van der Waals surface area contributed by atoms with Crippen LogP contribution in [0.3, 0.4) is 0 Å². The summed E-state index contributed by atoms with van der Waals surface area (Å²) in [4.78, 5) is 0. The molecule has 0 N–H and O–H groups in total. The van der Waals surface area contributed by atoms with E-state index in [4.69, 9.17) is 23.7 Å². The molecule has 2 unspecified atom stereocenters. The quantitative estimate of drug-likeness (QED) is 0.0581. The van der Waals surface area contributed by atoms with Crippen molar-refractivity contribution in [3.05, 3.63) is 0 Å². The largest absolute Gasteiger partial charge is 0.379 e. The minimum absolute atomic E-state index is 0.0310. The summed E-state index contributed by atoms with van der Waals surface area (Å²) in [5.41, 5.74) is 0. The van der Waals surface area contributed by atoms with E-state index in [1.807, 2.05) is 0 Å². The molecule has 37 heavy (non-hydrogen) atoms. The van der Waals surface area contributed by atoms with E-state index >= 15 is 0 Å². The first-order chi connectivity index (χ1) is 18.0. The van der Waals surface area contributed by atoms with E-state index in [0.717, 1.165) is 37.3 Å².